The van der Waals surface area contributed by atoms with Crippen LogP contribution in [0.3, 0.4) is 0 Å². The third-order valence-corrected chi connectivity index (χ3v) is 6.34. The van der Waals surface area contributed by atoms with E-state index >= 15 is 0 Å². The fourth-order valence-electron chi connectivity index (χ4n) is 3.83. The first-order chi connectivity index (χ1) is 15.5. The van der Waals surface area contributed by atoms with Gasteiger partial charge in [0.25, 0.3) is 5.56 Å². The largest absolute Gasteiger partial charge is 0.494 e. The number of ketones is 1. The van der Waals surface area contributed by atoms with Crippen LogP contribution in [0.4, 0.5) is 0 Å². The molecule has 0 saturated carbocycles. The van der Waals surface area contributed by atoms with Crippen molar-refractivity contribution in [1.82, 2.24) is 9.55 Å². The summed E-state index contributed by atoms with van der Waals surface area (Å²) in [7, 11) is 0. The highest BCUT2D eigenvalue weighted by atomic mass is 32.1. The highest BCUT2D eigenvalue weighted by Crippen LogP contribution is 2.36. The Hall–Kier alpha value is -3.71. The van der Waals surface area contributed by atoms with E-state index < -0.39 is 0 Å². The van der Waals surface area contributed by atoms with Crippen LogP contribution < -0.4 is 10.3 Å². The molecule has 0 atom stereocenters. The van der Waals surface area contributed by atoms with Gasteiger partial charge >= 0.3 is 0 Å². The maximum absolute atomic E-state index is 13.4. The van der Waals surface area contributed by atoms with Gasteiger partial charge in [0.05, 0.1) is 24.9 Å². The molecule has 160 valence electrons. The zero-order chi connectivity index (χ0) is 22.2. The van der Waals surface area contributed by atoms with E-state index in [1.165, 1.54) is 22.2 Å². The van der Waals surface area contributed by atoms with E-state index in [0.29, 0.717) is 22.4 Å². The number of hydrogen-bond acceptors (Lipinski definition) is 6. The second-order valence-electron chi connectivity index (χ2n) is 7.42. The Morgan fingerprint density at radius 2 is 1.94 bits per heavy atom. The molecule has 0 amide bonds. The number of aryl methyl sites for hydroxylation is 1. The standard InChI is InChI=1S/C25H20N2O4S/c1-3-30-18-10-8-16(9-11-18)22-15(2)32-24-23(22)25(29)27(14-26-24)13-19(28)21-12-17-6-4-5-7-20(17)31-21/h4-12,14H,3,13H2,1-2H3. The maximum Gasteiger partial charge on any atom is 0.263 e. The fourth-order valence-corrected chi connectivity index (χ4v) is 4.84. The lowest BCUT2D eigenvalue weighted by Gasteiger charge is -2.07. The number of aromatic nitrogens is 2. The van der Waals surface area contributed by atoms with E-state index in [1.807, 2.05) is 62.4 Å². The molecule has 32 heavy (non-hydrogen) atoms. The zero-order valence-corrected chi connectivity index (χ0v) is 18.4. The van der Waals surface area contributed by atoms with E-state index in [-0.39, 0.29) is 23.6 Å². The molecule has 2 aromatic carbocycles. The van der Waals surface area contributed by atoms with E-state index in [2.05, 4.69) is 4.98 Å². The maximum atomic E-state index is 13.4. The first-order valence-electron chi connectivity index (χ1n) is 10.3. The van der Waals surface area contributed by atoms with Gasteiger partial charge in [-0.15, -0.1) is 11.3 Å². The molecule has 7 heteroatoms. The van der Waals surface area contributed by atoms with E-state index in [4.69, 9.17) is 9.15 Å². The average Bonchev–Trinajstić information content (AvgIpc) is 3.38. The van der Waals surface area contributed by atoms with Gasteiger partial charge in [-0.1, -0.05) is 30.3 Å². The predicted molar refractivity (Wildman–Crippen MR) is 126 cm³/mol. The van der Waals surface area contributed by atoms with Crippen molar-refractivity contribution in [3.63, 3.8) is 0 Å². The lowest BCUT2D eigenvalue weighted by atomic mass is 10.0. The lowest BCUT2D eigenvalue weighted by Crippen LogP contribution is -2.24. The van der Waals surface area contributed by atoms with Crippen molar-refractivity contribution < 1.29 is 13.9 Å². The number of nitrogens with zero attached hydrogens (tertiary/aromatic N) is 2. The molecule has 0 aliphatic rings. The van der Waals surface area contributed by atoms with Crippen molar-refractivity contribution in [2.45, 2.75) is 20.4 Å². The minimum Gasteiger partial charge on any atom is -0.494 e. The van der Waals surface area contributed by atoms with E-state index in [9.17, 15) is 9.59 Å². The van der Waals surface area contributed by atoms with Gasteiger partial charge in [-0.25, -0.2) is 4.98 Å². The summed E-state index contributed by atoms with van der Waals surface area (Å²) in [6.45, 7) is 4.36. The number of hydrogen-bond donors (Lipinski definition) is 0. The van der Waals surface area contributed by atoms with Crippen molar-refractivity contribution in [3.05, 3.63) is 81.9 Å². The highest BCUT2D eigenvalue weighted by molar-refractivity contribution is 7.19. The number of thiophene rings is 1. The second kappa shape index (κ2) is 8.09. The Bertz CT molecular complexity index is 1480. The lowest BCUT2D eigenvalue weighted by molar-refractivity contribution is 0.0945. The van der Waals surface area contributed by atoms with Gasteiger partial charge in [-0.2, -0.15) is 0 Å². The minimum absolute atomic E-state index is 0.140. The van der Waals surface area contributed by atoms with Gasteiger partial charge < -0.3 is 9.15 Å². The molecule has 0 fully saturated rings. The molecule has 0 radical (unpaired) electrons. The summed E-state index contributed by atoms with van der Waals surface area (Å²) >= 11 is 1.47. The van der Waals surface area contributed by atoms with Crippen LogP contribution in [0.5, 0.6) is 5.75 Å². The van der Waals surface area contributed by atoms with Gasteiger partial charge in [0, 0.05) is 15.8 Å². The van der Waals surface area contributed by atoms with Crippen LogP contribution in [-0.4, -0.2) is 21.9 Å². The Kier molecular flexibility index (Phi) is 5.11. The van der Waals surface area contributed by atoms with Crippen molar-refractivity contribution in [3.8, 4) is 16.9 Å². The molecule has 5 rings (SSSR count). The second-order valence-corrected chi connectivity index (χ2v) is 8.62. The molecule has 0 aliphatic carbocycles. The average molecular weight is 445 g/mol. The van der Waals surface area contributed by atoms with Crippen molar-refractivity contribution in [2.75, 3.05) is 6.61 Å². The summed E-state index contributed by atoms with van der Waals surface area (Å²) in [5.41, 5.74) is 2.16. The van der Waals surface area contributed by atoms with Crippen LogP contribution in [0.15, 0.2) is 70.1 Å². The zero-order valence-electron chi connectivity index (χ0n) is 17.6. The highest BCUT2D eigenvalue weighted by Gasteiger charge is 2.19. The summed E-state index contributed by atoms with van der Waals surface area (Å²) < 4.78 is 12.5. The van der Waals surface area contributed by atoms with Gasteiger partial charge in [-0.3, -0.25) is 14.2 Å². The third kappa shape index (κ3) is 3.50. The number of benzene rings is 2. The summed E-state index contributed by atoms with van der Waals surface area (Å²) in [5.74, 6) is 0.728. The minimum atomic E-state index is -0.279. The first kappa shape index (κ1) is 20.2. The number of para-hydroxylation sites is 1. The number of carbonyl (C=O) groups is 1. The predicted octanol–water partition coefficient (Wildman–Crippen LogP) is 5.46. The van der Waals surface area contributed by atoms with Gasteiger partial charge in [-0.05, 0) is 43.7 Å². The molecule has 0 spiro atoms. The van der Waals surface area contributed by atoms with Crippen molar-refractivity contribution in [1.29, 1.82) is 0 Å². The third-order valence-electron chi connectivity index (χ3n) is 5.32. The molecule has 0 unspecified atom stereocenters. The Morgan fingerprint density at radius 3 is 2.69 bits per heavy atom. The van der Waals surface area contributed by atoms with Gasteiger partial charge in [0.15, 0.2) is 5.76 Å². The first-order valence-corrected chi connectivity index (χ1v) is 11.1. The number of ether oxygens (including phenoxy) is 1. The number of rotatable bonds is 6. The molecule has 0 bridgehead atoms. The van der Waals surface area contributed by atoms with E-state index in [1.54, 1.807) is 6.07 Å². The quantitative estimate of drug-likeness (QED) is 0.325. The molecule has 3 aromatic heterocycles. The SMILES string of the molecule is CCOc1ccc(-c2c(C)sc3ncn(CC(=O)c4cc5ccccc5o4)c(=O)c23)cc1. The van der Waals surface area contributed by atoms with Crippen LogP contribution in [0.2, 0.25) is 0 Å². The van der Waals surface area contributed by atoms with Crippen LogP contribution in [-0.2, 0) is 6.54 Å². The molecular weight excluding hydrogens is 424 g/mol. The Morgan fingerprint density at radius 1 is 1.16 bits per heavy atom. The molecule has 5 aromatic rings. The number of furan rings is 1. The normalized spacial score (nSPS) is 11.3. The summed E-state index contributed by atoms with van der Waals surface area (Å²) in [4.78, 5) is 32.3. The smallest absolute Gasteiger partial charge is 0.263 e. The van der Waals surface area contributed by atoms with Crippen LogP contribution in [0.1, 0.15) is 22.4 Å². The van der Waals surface area contributed by atoms with E-state index in [0.717, 1.165) is 27.1 Å². The molecule has 3 heterocycles. The number of carbonyl (C=O) groups excluding carboxylic acids is 1. The molecule has 0 N–H and O–H groups in total. The fraction of sp³-hybridized carbons (Fsp3) is 0.160. The van der Waals surface area contributed by atoms with Crippen molar-refractivity contribution >= 4 is 38.3 Å². The summed E-state index contributed by atoms with van der Waals surface area (Å²) in [5, 5.41) is 1.37. The molecule has 0 aliphatic heterocycles. The van der Waals surface area contributed by atoms with Crippen LogP contribution in [0.25, 0.3) is 32.3 Å². The Balaban J connectivity index is 1.53. The number of fused-ring (bicyclic) bond motifs is 2. The van der Waals surface area contributed by atoms with Crippen molar-refractivity contribution in [2.24, 2.45) is 0 Å². The molecular formula is C25H20N2O4S. The van der Waals surface area contributed by atoms with Gasteiger partial charge in [0.1, 0.15) is 16.2 Å². The molecule has 6 nitrogen and oxygen atoms in total. The van der Waals surface area contributed by atoms with Crippen LogP contribution >= 0.6 is 11.3 Å². The monoisotopic (exact) mass is 444 g/mol. The summed E-state index contributed by atoms with van der Waals surface area (Å²) in [6.07, 6.45) is 1.43. The van der Waals surface area contributed by atoms with Gasteiger partial charge in [0.2, 0.25) is 5.78 Å². The Labute approximate surface area is 187 Å². The molecule has 0 saturated heterocycles. The summed E-state index contributed by atoms with van der Waals surface area (Å²) in [6, 6.07) is 16.8. The van der Waals surface area contributed by atoms with Crippen LogP contribution in [0, 0.1) is 6.92 Å². The number of Topliss-reactive ketones (excluding diaryl/α,β-unsaturated/α-hetero) is 1. The topological polar surface area (TPSA) is 74.3 Å².